The van der Waals surface area contributed by atoms with E-state index in [1.165, 1.54) is 0 Å². The molecule has 76 valence electrons. The summed E-state index contributed by atoms with van der Waals surface area (Å²) in [7, 11) is 0. The van der Waals surface area contributed by atoms with Crippen LogP contribution >= 0.6 is 0 Å². The van der Waals surface area contributed by atoms with Crippen molar-refractivity contribution in [3.05, 3.63) is 0 Å². The molecule has 13 heavy (non-hydrogen) atoms. The van der Waals surface area contributed by atoms with Gasteiger partial charge in [-0.1, -0.05) is 0 Å². The highest BCUT2D eigenvalue weighted by Gasteiger charge is 2.23. The van der Waals surface area contributed by atoms with Crippen LogP contribution in [0, 0.1) is 0 Å². The maximum absolute atomic E-state index is 11.1. The number of nitrogens with zero attached hydrogens (tertiary/aromatic N) is 2. The van der Waals surface area contributed by atoms with Crippen molar-refractivity contribution in [2.45, 2.75) is 19.9 Å². The van der Waals surface area contributed by atoms with E-state index in [1.807, 2.05) is 4.90 Å². The van der Waals surface area contributed by atoms with Crippen molar-refractivity contribution in [1.82, 2.24) is 9.80 Å². The predicted molar refractivity (Wildman–Crippen MR) is 50.4 cm³/mol. The fourth-order valence-corrected chi connectivity index (χ4v) is 1.74. The second-order valence-electron chi connectivity index (χ2n) is 3.57. The average molecular weight is 186 g/mol. The van der Waals surface area contributed by atoms with Crippen LogP contribution < -0.4 is 0 Å². The number of carbonyl (C=O) groups is 1. The van der Waals surface area contributed by atoms with Crippen molar-refractivity contribution in [3.8, 4) is 0 Å². The van der Waals surface area contributed by atoms with Crippen LogP contribution in [0.3, 0.4) is 0 Å². The number of rotatable bonds is 2. The van der Waals surface area contributed by atoms with Crippen LogP contribution in [0.1, 0.15) is 13.8 Å². The lowest BCUT2D eigenvalue weighted by molar-refractivity contribution is -0.131. The molecule has 0 aliphatic carbocycles. The largest absolute Gasteiger partial charge is 0.395 e. The Balaban J connectivity index is 2.41. The maximum Gasteiger partial charge on any atom is 0.219 e. The van der Waals surface area contributed by atoms with Gasteiger partial charge < -0.3 is 10.0 Å². The molecule has 1 rings (SSSR count). The van der Waals surface area contributed by atoms with E-state index in [0.717, 1.165) is 19.6 Å². The van der Waals surface area contributed by atoms with Gasteiger partial charge in [0.15, 0.2) is 0 Å². The van der Waals surface area contributed by atoms with E-state index in [0.29, 0.717) is 12.6 Å². The molecule has 1 amide bonds. The maximum atomic E-state index is 11.1. The lowest BCUT2D eigenvalue weighted by Crippen LogP contribution is -2.53. The summed E-state index contributed by atoms with van der Waals surface area (Å²) >= 11 is 0. The normalized spacial score (nSPS) is 24.8. The highest BCUT2D eigenvalue weighted by molar-refractivity contribution is 5.73. The molecule has 1 N–H and O–H groups in total. The first kappa shape index (κ1) is 10.5. The molecule has 0 spiro atoms. The van der Waals surface area contributed by atoms with Crippen LogP contribution in [-0.2, 0) is 4.79 Å². The molecule has 1 atom stereocenters. The zero-order valence-corrected chi connectivity index (χ0v) is 8.36. The summed E-state index contributed by atoms with van der Waals surface area (Å²) in [6.45, 7) is 7.06. The van der Waals surface area contributed by atoms with Gasteiger partial charge >= 0.3 is 0 Å². The van der Waals surface area contributed by atoms with Crippen molar-refractivity contribution in [2.75, 3.05) is 32.8 Å². The minimum absolute atomic E-state index is 0.149. The zero-order valence-electron chi connectivity index (χ0n) is 8.36. The summed E-state index contributed by atoms with van der Waals surface area (Å²) in [5.41, 5.74) is 0. The molecule has 0 unspecified atom stereocenters. The molecule has 1 heterocycles. The highest BCUT2D eigenvalue weighted by atomic mass is 16.3. The van der Waals surface area contributed by atoms with Gasteiger partial charge in [0.05, 0.1) is 6.61 Å². The van der Waals surface area contributed by atoms with Gasteiger partial charge in [-0.05, 0) is 6.92 Å². The van der Waals surface area contributed by atoms with Gasteiger partial charge in [0.1, 0.15) is 0 Å². The molecule has 4 nitrogen and oxygen atoms in total. The molecule has 0 aromatic carbocycles. The third-order valence-corrected chi connectivity index (χ3v) is 2.60. The zero-order chi connectivity index (χ0) is 9.84. The molecule has 1 aliphatic heterocycles. The molecular formula is C9H18N2O2. The number of carbonyl (C=O) groups excluding carboxylic acids is 1. The van der Waals surface area contributed by atoms with Crippen LogP contribution in [0.25, 0.3) is 0 Å². The van der Waals surface area contributed by atoms with Crippen molar-refractivity contribution in [3.63, 3.8) is 0 Å². The smallest absolute Gasteiger partial charge is 0.219 e. The summed E-state index contributed by atoms with van der Waals surface area (Å²) in [6, 6.07) is 0.366. The van der Waals surface area contributed by atoms with Crippen LogP contribution in [-0.4, -0.2) is 59.6 Å². The Morgan fingerprint density at radius 3 is 2.69 bits per heavy atom. The first-order valence-electron chi connectivity index (χ1n) is 4.75. The Morgan fingerprint density at radius 2 is 2.23 bits per heavy atom. The number of aliphatic hydroxyl groups is 1. The lowest BCUT2D eigenvalue weighted by atomic mass is 10.2. The van der Waals surface area contributed by atoms with Gasteiger partial charge in [0.2, 0.25) is 5.91 Å². The number of hydrogen-bond donors (Lipinski definition) is 1. The Bertz CT molecular complexity index is 184. The summed E-state index contributed by atoms with van der Waals surface area (Å²) in [5.74, 6) is 0.149. The van der Waals surface area contributed by atoms with Crippen LogP contribution in [0.2, 0.25) is 0 Å². The van der Waals surface area contributed by atoms with E-state index in [1.54, 1.807) is 6.92 Å². The van der Waals surface area contributed by atoms with Gasteiger partial charge in [0.25, 0.3) is 0 Å². The number of β-amino-alcohol motifs (C(OH)–C–C–N with tert-alkyl or cyclic N) is 1. The Hall–Kier alpha value is -0.610. The second kappa shape index (κ2) is 4.58. The quantitative estimate of drug-likeness (QED) is 0.634. The van der Waals surface area contributed by atoms with Crippen LogP contribution in [0.4, 0.5) is 0 Å². The standard InChI is InChI=1S/C9H18N2O2/c1-8-7-11(9(2)13)4-3-10(8)5-6-12/h8,12H,3-7H2,1-2H3/t8-/m1/s1. The molecule has 1 aliphatic rings. The summed E-state index contributed by atoms with van der Waals surface area (Å²) < 4.78 is 0. The molecule has 4 heteroatoms. The SMILES string of the molecule is CC(=O)N1CCN(CCO)[C@H](C)C1. The van der Waals surface area contributed by atoms with Gasteiger partial charge in [0, 0.05) is 39.1 Å². The van der Waals surface area contributed by atoms with E-state index in [2.05, 4.69) is 11.8 Å². The Labute approximate surface area is 79.1 Å². The van der Waals surface area contributed by atoms with E-state index in [9.17, 15) is 4.79 Å². The van der Waals surface area contributed by atoms with Crippen molar-refractivity contribution in [2.24, 2.45) is 0 Å². The number of aliphatic hydroxyl groups excluding tert-OH is 1. The number of amides is 1. The molecule has 1 fully saturated rings. The molecule has 0 aromatic heterocycles. The molecule has 0 radical (unpaired) electrons. The van der Waals surface area contributed by atoms with Crippen molar-refractivity contribution < 1.29 is 9.90 Å². The third kappa shape index (κ3) is 2.67. The van der Waals surface area contributed by atoms with E-state index in [-0.39, 0.29) is 12.5 Å². The van der Waals surface area contributed by atoms with Gasteiger partial charge in [-0.2, -0.15) is 0 Å². The average Bonchev–Trinajstić information content (AvgIpc) is 2.08. The monoisotopic (exact) mass is 186 g/mol. The first-order chi connectivity index (χ1) is 6.15. The first-order valence-corrected chi connectivity index (χ1v) is 4.75. The fourth-order valence-electron chi connectivity index (χ4n) is 1.74. The lowest BCUT2D eigenvalue weighted by Gasteiger charge is -2.39. The van der Waals surface area contributed by atoms with Crippen LogP contribution in [0.15, 0.2) is 0 Å². The number of hydrogen-bond acceptors (Lipinski definition) is 3. The van der Waals surface area contributed by atoms with E-state index < -0.39 is 0 Å². The van der Waals surface area contributed by atoms with Gasteiger partial charge in [-0.15, -0.1) is 0 Å². The summed E-state index contributed by atoms with van der Waals surface area (Å²) in [5, 5.41) is 8.79. The van der Waals surface area contributed by atoms with Gasteiger partial charge in [-0.3, -0.25) is 9.69 Å². The topological polar surface area (TPSA) is 43.8 Å². The highest BCUT2D eigenvalue weighted by Crippen LogP contribution is 2.08. The van der Waals surface area contributed by atoms with E-state index >= 15 is 0 Å². The van der Waals surface area contributed by atoms with E-state index in [4.69, 9.17) is 5.11 Å². The molecule has 1 saturated heterocycles. The minimum Gasteiger partial charge on any atom is -0.395 e. The van der Waals surface area contributed by atoms with Crippen molar-refractivity contribution >= 4 is 5.91 Å². The van der Waals surface area contributed by atoms with Gasteiger partial charge in [-0.25, -0.2) is 0 Å². The summed E-state index contributed by atoms with van der Waals surface area (Å²) in [6.07, 6.45) is 0. The van der Waals surface area contributed by atoms with Crippen LogP contribution in [0.5, 0.6) is 0 Å². The number of piperazine rings is 1. The summed E-state index contributed by atoms with van der Waals surface area (Å²) in [4.78, 5) is 15.1. The Morgan fingerprint density at radius 1 is 1.54 bits per heavy atom. The molecule has 0 aromatic rings. The molecule has 0 saturated carbocycles. The molecule has 0 bridgehead atoms. The Kier molecular flexibility index (Phi) is 3.69. The predicted octanol–water partition coefficient (Wildman–Crippen LogP) is -0.469. The third-order valence-electron chi connectivity index (χ3n) is 2.60. The second-order valence-corrected chi connectivity index (χ2v) is 3.57. The minimum atomic E-state index is 0.149. The molecular weight excluding hydrogens is 168 g/mol. The fraction of sp³-hybridized carbons (Fsp3) is 0.889. The van der Waals surface area contributed by atoms with Crippen molar-refractivity contribution in [1.29, 1.82) is 0 Å².